The highest BCUT2D eigenvalue weighted by molar-refractivity contribution is 5.51. The molecule has 0 aliphatic carbocycles. The lowest BCUT2D eigenvalue weighted by atomic mass is 9.89. The summed E-state index contributed by atoms with van der Waals surface area (Å²) in [5.74, 6) is 1.87. The van der Waals surface area contributed by atoms with Crippen molar-refractivity contribution in [1.82, 2.24) is 20.0 Å². The molecule has 4 rings (SSSR count). The molecule has 2 saturated heterocycles. The summed E-state index contributed by atoms with van der Waals surface area (Å²) in [4.78, 5) is 11.4. The van der Waals surface area contributed by atoms with Crippen molar-refractivity contribution in [2.75, 3.05) is 0 Å². The molecule has 116 valence electrons. The molecule has 2 aromatic rings. The van der Waals surface area contributed by atoms with E-state index < -0.39 is 0 Å². The molecule has 2 fully saturated rings. The number of aromatic nitrogens is 3. The van der Waals surface area contributed by atoms with E-state index in [1.165, 1.54) is 12.8 Å². The predicted octanol–water partition coefficient (Wildman–Crippen LogP) is 3.25. The van der Waals surface area contributed by atoms with Gasteiger partial charge in [0.25, 0.3) is 0 Å². The lowest BCUT2D eigenvalue weighted by molar-refractivity contribution is 0.0848. The molecule has 0 radical (unpaired) electrons. The maximum atomic E-state index is 5.57. The molecule has 2 aromatic heterocycles. The molecule has 0 saturated carbocycles. The Labute approximate surface area is 130 Å². The van der Waals surface area contributed by atoms with Crippen LogP contribution in [-0.2, 0) is 0 Å². The molecule has 2 aliphatic rings. The molecule has 5 heteroatoms. The minimum atomic E-state index is 0.408. The maximum Gasteiger partial charge on any atom is 0.230 e. The molecule has 2 aliphatic heterocycles. The average Bonchev–Trinajstić information content (AvgIpc) is 3.12. The van der Waals surface area contributed by atoms with Gasteiger partial charge >= 0.3 is 0 Å². The second kappa shape index (κ2) is 5.47. The Hall–Kier alpha value is -1.75. The summed E-state index contributed by atoms with van der Waals surface area (Å²) in [5.41, 5.74) is 0.917. The lowest BCUT2D eigenvalue weighted by Gasteiger charge is -2.40. The molecule has 22 heavy (non-hydrogen) atoms. The molecule has 2 bridgehead atoms. The van der Waals surface area contributed by atoms with Crippen LogP contribution < -0.4 is 0 Å². The van der Waals surface area contributed by atoms with Gasteiger partial charge in [0.2, 0.25) is 11.7 Å². The second-order valence-electron chi connectivity index (χ2n) is 6.79. The largest absolute Gasteiger partial charge is 0.339 e. The number of rotatable bonds is 3. The third-order valence-corrected chi connectivity index (χ3v) is 5.10. The predicted molar refractivity (Wildman–Crippen MR) is 83.3 cm³/mol. The monoisotopic (exact) mass is 298 g/mol. The van der Waals surface area contributed by atoms with Crippen molar-refractivity contribution in [3.63, 3.8) is 0 Å². The molecular weight excluding hydrogens is 276 g/mol. The van der Waals surface area contributed by atoms with Crippen LogP contribution in [0, 0.1) is 0 Å². The van der Waals surface area contributed by atoms with Crippen molar-refractivity contribution in [3.8, 4) is 11.4 Å². The van der Waals surface area contributed by atoms with Crippen LogP contribution in [0.3, 0.4) is 0 Å². The molecule has 5 nitrogen and oxygen atoms in total. The smallest absolute Gasteiger partial charge is 0.230 e. The van der Waals surface area contributed by atoms with E-state index in [0.717, 1.165) is 24.3 Å². The first-order valence-corrected chi connectivity index (χ1v) is 8.24. The van der Waals surface area contributed by atoms with Crippen molar-refractivity contribution in [3.05, 3.63) is 30.4 Å². The molecule has 1 unspecified atom stereocenters. The van der Waals surface area contributed by atoms with Crippen molar-refractivity contribution in [1.29, 1.82) is 0 Å². The highest BCUT2D eigenvalue weighted by atomic mass is 16.5. The SMILES string of the molecule is CC(C)N1[C@@H]2CC[C@H]1CC(c1nc(-c3cccnc3)no1)C2. The van der Waals surface area contributed by atoms with Gasteiger partial charge in [0.05, 0.1) is 0 Å². The third-order valence-electron chi connectivity index (χ3n) is 5.10. The van der Waals surface area contributed by atoms with E-state index >= 15 is 0 Å². The second-order valence-corrected chi connectivity index (χ2v) is 6.79. The Morgan fingerprint density at radius 1 is 1.23 bits per heavy atom. The Morgan fingerprint density at radius 3 is 2.64 bits per heavy atom. The van der Waals surface area contributed by atoms with Gasteiger partial charge in [0.15, 0.2) is 0 Å². The first kappa shape index (κ1) is 13.9. The normalized spacial score (nSPS) is 28.4. The van der Waals surface area contributed by atoms with Crippen LogP contribution >= 0.6 is 0 Å². The van der Waals surface area contributed by atoms with E-state index in [-0.39, 0.29) is 0 Å². The van der Waals surface area contributed by atoms with Crippen LogP contribution in [0.5, 0.6) is 0 Å². The number of hydrogen-bond donors (Lipinski definition) is 0. The fraction of sp³-hybridized carbons (Fsp3) is 0.588. The van der Waals surface area contributed by atoms with Gasteiger partial charge in [0, 0.05) is 42.0 Å². The van der Waals surface area contributed by atoms with Crippen molar-refractivity contribution >= 4 is 0 Å². The van der Waals surface area contributed by atoms with E-state index in [1.807, 2.05) is 12.1 Å². The minimum absolute atomic E-state index is 0.408. The Bertz CT molecular complexity index is 625. The van der Waals surface area contributed by atoms with Crippen LogP contribution in [0.4, 0.5) is 0 Å². The maximum absolute atomic E-state index is 5.57. The summed E-state index contributed by atoms with van der Waals surface area (Å²) in [6, 6.07) is 5.85. The molecule has 3 atom stereocenters. The Balaban J connectivity index is 1.54. The first-order chi connectivity index (χ1) is 10.7. The zero-order valence-corrected chi connectivity index (χ0v) is 13.1. The summed E-state index contributed by atoms with van der Waals surface area (Å²) in [6.45, 7) is 4.61. The molecule has 4 heterocycles. The molecule has 0 N–H and O–H groups in total. The van der Waals surface area contributed by atoms with Crippen molar-refractivity contribution < 1.29 is 4.52 Å². The standard InChI is InChI=1S/C17H22N4O/c1-11(2)21-14-5-6-15(21)9-13(8-14)17-19-16(20-22-17)12-4-3-7-18-10-12/h3-4,7,10-11,13-15H,5-6,8-9H2,1-2H3/t13?,14-,15+. The van der Waals surface area contributed by atoms with Crippen molar-refractivity contribution in [2.24, 2.45) is 0 Å². The summed E-state index contributed by atoms with van der Waals surface area (Å²) >= 11 is 0. The zero-order chi connectivity index (χ0) is 15.1. The highest BCUT2D eigenvalue weighted by Crippen LogP contribution is 2.43. The fourth-order valence-electron chi connectivity index (χ4n) is 4.27. The van der Waals surface area contributed by atoms with Crippen LogP contribution in [0.1, 0.15) is 51.3 Å². The summed E-state index contributed by atoms with van der Waals surface area (Å²) < 4.78 is 5.57. The van der Waals surface area contributed by atoms with Gasteiger partial charge in [-0.1, -0.05) is 5.16 Å². The number of nitrogens with zero attached hydrogens (tertiary/aromatic N) is 4. The van der Waals surface area contributed by atoms with Gasteiger partial charge in [-0.3, -0.25) is 9.88 Å². The van der Waals surface area contributed by atoms with Gasteiger partial charge in [-0.25, -0.2) is 0 Å². The summed E-state index contributed by atoms with van der Waals surface area (Å²) in [6.07, 6.45) is 8.43. The third kappa shape index (κ3) is 2.33. The van der Waals surface area contributed by atoms with Crippen LogP contribution in [0.25, 0.3) is 11.4 Å². The zero-order valence-electron chi connectivity index (χ0n) is 13.1. The lowest BCUT2D eigenvalue weighted by Crippen LogP contribution is -2.46. The van der Waals surface area contributed by atoms with Gasteiger partial charge in [-0.15, -0.1) is 0 Å². The van der Waals surface area contributed by atoms with E-state index in [0.29, 0.717) is 29.9 Å². The molecular formula is C17H22N4O. The van der Waals surface area contributed by atoms with Crippen LogP contribution in [0.2, 0.25) is 0 Å². The number of piperidine rings is 1. The quantitative estimate of drug-likeness (QED) is 0.870. The highest BCUT2D eigenvalue weighted by Gasteiger charge is 2.43. The van der Waals surface area contributed by atoms with E-state index in [2.05, 4.69) is 33.9 Å². The van der Waals surface area contributed by atoms with Gasteiger partial charge in [-0.2, -0.15) is 4.98 Å². The Morgan fingerprint density at radius 2 is 2.00 bits per heavy atom. The topological polar surface area (TPSA) is 55.1 Å². The minimum Gasteiger partial charge on any atom is -0.339 e. The molecule has 0 spiro atoms. The summed E-state index contributed by atoms with van der Waals surface area (Å²) in [7, 11) is 0. The van der Waals surface area contributed by atoms with Gasteiger partial charge in [0.1, 0.15) is 0 Å². The van der Waals surface area contributed by atoms with E-state index in [1.54, 1.807) is 12.4 Å². The molecule has 0 aromatic carbocycles. The van der Waals surface area contributed by atoms with Gasteiger partial charge < -0.3 is 4.52 Å². The summed E-state index contributed by atoms with van der Waals surface area (Å²) in [5, 5.41) is 4.15. The van der Waals surface area contributed by atoms with Crippen LogP contribution in [-0.4, -0.2) is 38.2 Å². The average molecular weight is 298 g/mol. The number of fused-ring (bicyclic) bond motifs is 2. The van der Waals surface area contributed by atoms with E-state index in [9.17, 15) is 0 Å². The van der Waals surface area contributed by atoms with Crippen molar-refractivity contribution in [2.45, 2.75) is 63.6 Å². The Kier molecular flexibility index (Phi) is 3.45. The van der Waals surface area contributed by atoms with Gasteiger partial charge in [-0.05, 0) is 51.7 Å². The fourth-order valence-corrected chi connectivity index (χ4v) is 4.27. The number of pyridine rings is 1. The number of hydrogen-bond acceptors (Lipinski definition) is 5. The molecule has 0 amide bonds. The van der Waals surface area contributed by atoms with Crippen LogP contribution in [0.15, 0.2) is 29.0 Å². The first-order valence-electron chi connectivity index (χ1n) is 8.24. The van der Waals surface area contributed by atoms with E-state index in [4.69, 9.17) is 4.52 Å².